The third-order valence-corrected chi connectivity index (χ3v) is 7.41. The molecule has 0 bridgehead atoms. The molecule has 0 spiro atoms. The second-order valence-electron chi connectivity index (χ2n) is 10.3. The second kappa shape index (κ2) is 11.5. The van der Waals surface area contributed by atoms with Crippen LogP contribution in [0, 0.1) is 12.7 Å². The van der Waals surface area contributed by atoms with Gasteiger partial charge in [-0.05, 0) is 38.5 Å². The lowest BCUT2D eigenvalue weighted by Crippen LogP contribution is -2.33. The number of carbonyl (C=O) groups excluding carboxylic acids is 1. The van der Waals surface area contributed by atoms with Gasteiger partial charge in [0.2, 0.25) is 5.88 Å². The number of rotatable bonds is 8. The molecule has 214 valence electrons. The highest BCUT2D eigenvalue weighted by atomic mass is 32.1. The fraction of sp³-hybridized carbons (Fsp3) is 0.259. The smallest absolute Gasteiger partial charge is 0.412 e. The first kappa shape index (κ1) is 29.1. The number of aromatic nitrogens is 5. The molecule has 0 aliphatic rings. The lowest BCUT2D eigenvalue weighted by Gasteiger charge is -2.22. The first-order valence-electron chi connectivity index (χ1n) is 13.0. The number of aliphatic hydroxyl groups is 1. The summed E-state index contributed by atoms with van der Waals surface area (Å²) in [5, 5.41) is 11.9. The largest absolute Gasteiger partial charge is 0.484 e. The number of fused-ring (bicyclic) bond motifs is 2. The van der Waals surface area contributed by atoms with Crippen molar-refractivity contribution in [3.63, 3.8) is 0 Å². The van der Waals surface area contributed by atoms with E-state index in [9.17, 15) is 9.90 Å². The van der Waals surface area contributed by atoms with Gasteiger partial charge in [-0.2, -0.15) is 0 Å². The topological polar surface area (TPSA) is 141 Å². The van der Waals surface area contributed by atoms with Crippen molar-refractivity contribution in [2.45, 2.75) is 38.4 Å². The normalized spacial score (nSPS) is 13.1. The van der Waals surface area contributed by atoms with Crippen LogP contribution in [-0.4, -0.2) is 71.1 Å². The number of aryl methyl sites for hydroxylation is 1. The summed E-state index contributed by atoms with van der Waals surface area (Å²) in [5.74, 6) is 0.0399. The molecule has 3 heterocycles. The van der Waals surface area contributed by atoms with E-state index in [1.54, 1.807) is 41.8 Å². The van der Waals surface area contributed by atoms with Crippen molar-refractivity contribution in [1.82, 2.24) is 24.9 Å². The summed E-state index contributed by atoms with van der Waals surface area (Å²) in [5.41, 5.74) is 3.85. The molecular formula is C27H27B2FN6O5S. The monoisotopic (exact) mass is 588 g/mol. The Labute approximate surface area is 246 Å². The van der Waals surface area contributed by atoms with Crippen LogP contribution < -0.4 is 14.8 Å². The number of thiazole rings is 1. The number of amides is 1. The average molecular weight is 588 g/mol. The highest BCUT2D eigenvalue weighted by molar-refractivity contribution is 7.21. The Hall–Kier alpha value is -4.36. The van der Waals surface area contributed by atoms with Gasteiger partial charge in [-0.25, -0.2) is 34.1 Å². The van der Waals surface area contributed by atoms with Crippen LogP contribution in [0.3, 0.4) is 0 Å². The fourth-order valence-corrected chi connectivity index (χ4v) is 5.05. The Bertz CT molecular complexity index is 1780. The standard InChI is InChI=1S/C27H27B2FN6O5S/c1-12-5-16(23-19(6-12)35-22(39-4)11-31-23)24-36-18-7-17(30)20(8-21(18)42-24)40-13(2)14(3)41-26(37)34-15-9-32-25(33-10-15)27(28,29)38/h5-11,13-14,38H,28-29H2,1-4H3,(H,34,37)/t13-,14+/m0/s1. The number of methoxy groups -OCH3 is 1. The molecule has 0 unspecified atom stereocenters. The van der Waals surface area contributed by atoms with Crippen molar-refractivity contribution < 1.29 is 28.5 Å². The van der Waals surface area contributed by atoms with Crippen LogP contribution in [0.5, 0.6) is 11.6 Å². The molecule has 3 aromatic heterocycles. The number of hydrogen-bond acceptors (Lipinski definition) is 11. The molecular weight excluding hydrogens is 561 g/mol. The van der Waals surface area contributed by atoms with Gasteiger partial charge in [-0.15, -0.1) is 11.3 Å². The quantitative estimate of drug-likeness (QED) is 0.260. The molecule has 0 fully saturated rings. The van der Waals surface area contributed by atoms with E-state index >= 15 is 4.39 Å². The van der Waals surface area contributed by atoms with Gasteiger partial charge in [0, 0.05) is 17.7 Å². The minimum Gasteiger partial charge on any atom is -0.484 e. The van der Waals surface area contributed by atoms with E-state index in [1.807, 2.05) is 19.1 Å². The van der Waals surface area contributed by atoms with Crippen molar-refractivity contribution in [2.75, 3.05) is 12.4 Å². The molecule has 5 rings (SSSR count). The van der Waals surface area contributed by atoms with E-state index in [1.165, 1.54) is 36.9 Å². The highest BCUT2D eigenvalue weighted by Gasteiger charge is 2.23. The van der Waals surface area contributed by atoms with Gasteiger partial charge in [0.1, 0.15) is 38.7 Å². The maximum atomic E-state index is 15.1. The minimum atomic E-state index is -1.21. The summed E-state index contributed by atoms with van der Waals surface area (Å²) in [6, 6.07) is 6.79. The Balaban J connectivity index is 1.30. The molecule has 42 heavy (non-hydrogen) atoms. The van der Waals surface area contributed by atoms with Crippen LogP contribution in [-0.2, 0) is 10.1 Å². The van der Waals surface area contributed by atoms with Crippen LogP contribution in [0.1, 0.15) is 25.2 Å². The van der Waals surface area contributed by atoms with Crippen LogP contribution in [0.2, 0.25) is 0 Å². The zero-order valence-corrected chi connectivity index (χ0v) is 24.6. The Morgan fingerprint density at radius 1 is 1.05 bits per heavy atom. The third-order valence-electron chi connectivity index (χ3n) is 6.36. The Kier molecular flexibility index (Phi) is 7.97. The minimum absolute atomic E-state index is 0.00953. The van der Waals surface area contributed by atoms with Gasteiger partial charge in [0.05, 0.1) is 58.0 Å². The van der Waals surface area contributed by atoms with Crippen molar-refractivity contribution in [1.29, 1.82) is 0 Å². The molecule has 15 heteroatoms. The summed E-state index contributed by atoms with van der Waals surface area (Å²) in [6.45, 7) is 5.26. The molecule has 2 N–H and O–H groups in total. The van der Waals surface area contributed by atoms with Crippen molar-refractivity contribution in [3.05, 3.63) is 60.1 Å². The molecule has 0 aliphatic carbocycles. The van der Waals surface area contributed by atoms with E-state index < -0.39 is 29.5 Å². The zero-order chi connectivity index (χ0) is 30.2. The molecule has 2 atom stereocenters. The predicted octanol–water partition coefficient (Wildman–Crippen LogP) is 2.93. The first-order chi connectivity index (χ1) is 19.9. The number of nitrogens with one attached hydrogen (secondary N) is 1. The number of carbonyl (C=O) groups is 1. The number of anilines is 1. The van der Waals surface area contributed by atoms with Gasteiger partial charge in [0.15, 0.2) is 11.6 Å². The number of halogens is 1. The van der Waals surface area contributed by atoms with E-state index in [0.717, 1.165) is 11.1 Å². The van der Waals surface area contributed by atoms with Gasteiger partial charge in [0.25, 0.3) is 0 Å². The van der Waals surface area contributed by atoms with Gasteiger partial charge < -0.3 is 19.3 Å². The predicted molar refractivity (Wildman–Crippen MR) is 162 cm³/mol. The number of hydrogen-bond donors (Lipinski definition) is 2. The molecule has 1 amide bonds. The van der Waals surface area contributed by atoms with E-state index in [2.05, 4.69) is 30.2 Å². The molecule has 2 aromatic carbocycles. The summed E-state index contributed by atoms with van der Waals surface area (Å²) in [4.78, 5) is 34.1. The summed E-state index contributed by atoms with van der Waals surface area (Å²) in [6.07, 6.45) is 2.10. The van der Waals surface area contributed by atoms with Gasteiger partial charge >= 0.3 is 6.09 Å². The van der Waals surface area contributed by atoms with E-state index in [-0.39, 0.29) is 17.3 Å². The molecule has 0 saturated carbocycles. The number of ether oxygens (including phenoxy) is 3. The Morgan fingerprint density at radius 3 is 2.48 bits per heavy atom. The summed E-state index contributed by atoms with van der Waals surface area (Å²) in [7, 11) is 4.65. The maximum Gasteiger partial charge on any atom is 0.412 e. The van der Waals surface area contributed by atoms with E-state index in [4.69, 9.17) is 14.2 Å². The highest BCUT2D eigenvalue weighted by Crippen LogP contribution is 2.37. The summed E-state index contributed by atoms with van der Waals surface area (Å²) >= 11 is 1.38. The molecule has 0 aliphatic heterocycles. The zero-order valence-electron chi connectivity index (χ0n) is 23.8. The summed E-state index contributed by atoms with van der Waals surface area (Å²) < 4.78 is 32.3. The van der Waals surface area contributed by atoms with Gasteiger partial charge in [-0.3, -0.25) is 5.32 Å². The third kappa shape index (κ3) is 6.26. The van der Waals surface area contributed by atoms with Crippen molar-refractivity contribution in [2.24, 2.45) is 0 Å². The Morgan fingerprint density at radius 2 is 1.79 bits per heavy atom. The maximum absolute atomic E-state index is 15.1. The molecule has 0 saturated heterocycles. The van der Waals surface area contributed by atoms with Crippen LogP contribution in [0.25, 0.3) is 31.8 Å². The first-order valence-corrected chi connectivity index (χ1v) is 13.8. The molecule has 0 radical (unpaired) electrons. The van der Waals surface area contributed by atoms with E-state index in [0.29, 0.717) is 32.1 Å². The van der Waals surface area contributed by atoms with Crippen molar-refractivity contribution in [3.8, 4) is 22.2 Å². The van der Waals surface area contributed by atoms with Crippen LogP contribution in [0.4, 0.5) is 14.9 Å². The number of benzene rings is 2. The SMILES string of the molecule is BC(B)(O)c1ncc(NC(=O)O[C@H](C)[C@H](C)Oc2cc3sc(-c4cc(C)cc5nc(OC)cnc45)nc3cc2F)cn1. The second-order valence-corrected chi connectivity index (χ2v) is 11.3. The molecule has 11 nitrogen and oxygen atoms in total. The molecule has 5 aromatic rings. The van der Waals surface area contributed by atoms with Gasteiger partial charge in [-0.1, -0.05) is 0 Å². The lowest BCUT2D eigenvalue weighted by molar-refractivity contribution is 0.0402. The average Bonchev–Trinajstić information content (AvgIpc) is 3.34. The lowest BCUT2D eigenvalue weighted by atomic mass is 9.65. The fourth-order valence-electron chi connectivity index (χ4n) is 4.06. The van der Waals surface area contributed by atoms with Crippen LogP contribution in [0.15, 0.2) is 42.9 Å². The van der Waals surface area contributed by atoms with Crippen molar-refractivity contribution >= 4 is 60.1 Å². The number of nitrogens with zero attached hydrogens (tertiary/aromatic N) is 5. The van der Waals surface area contributed by atoms with Crippen LogP contribution >= 0.6 is 11.3 Å².